The van der Waals surface area contributed by atoms with E-state index in [1.54, 1.807) is 16.2 Å². The van der Waals surface area contributed by atoms with Crippen molar-refractivity contribution in [3.63, 3.8) is 0 Å². The van der Waals surface area contributed by atoms with Crippen LogP contribution in [0.5, 0.6) is 0 Å². The molecule has 138 valence electrons. The molecule has 0 saturated carbocycles. The number of thiophene rings is 1. The maximum atomic E-state index is 5.92. The van der Waals surface area contributed by atoms with Gasteiger partial charge in [-0.2, -0.15) is 15.0 Å². The first kappa shape index (κ1) is 18.3. The Morgan fingerprint density at radius 2 is 1.89 bits per heavy atom. The Labute approximate surface area is 160 Å². The van der Waals surface area contributed by atoms with E-state index in [2.05, 4.69) is 26.7 Å². The lowest BCUT2D eigenvalue weighted by Gasteiger charge is -2.18. The molecule has 2 heterocycles. The van der Waals surface area contributed by atoms with E-state index >= 15 is 0 Å². The number of anilines is 1. The third-order valence-electron chi connectivity index (χ3n) is 3.62. The Bertz CT molecular complexity index is 1000. The minimum Gasteiger partial charge on any atom is -0.380 e. The number of aromatic nitrogens is 2. The Hall–Kier alpha value is -3.46. The number of guanidine groups is 1. The summed E-state index contributed by atoms with van der Waals surface area (Å²) in [6.07, 6.45) is 0. The summed E-state index contributed by atoms with van der Waals surface area (Å²) in [6, 6.07) is 13.5. The van der Waals surface area contributed by atoms with Crippen molar-refractivity contribution in [2.75, 3.05) is 11.9 Å². The number of para-hydroxylation sites is 1. The third kappa shape index (κ3) is 4.39. The maximum Gasteiger partial charge on any atom is 0.268 e. The van der Waals surface area contributed by atoms with Gasteiger partial charge in [0.1, 0.15) is 5.82 Å². The van der Waals surface area contributed by atoms with Crippen LogP contribution in [0.4, 0.5) is 5.69 Å². The van der Waals surface area contributed by atoms with Crippen LogP contribution in [-0.4, -0.2) is 29.0 Å². The van der Waals surface area contributed by atoms with Gasteiger partial charge in [-0.25, -0.2) is 0 Å². The average molecular weight is 381 g/mol. The van der Waals surface area contributed by atoms with Crippen molar-refractivity contribution in [3.8, 4) is 10.8 Å². The van der Waals surface area contributed by atoms with Crippen molar-refractivity contribution in [2.45, 2.75) is 6.92 Å². The van der Waals surface area contributed by atoms with Crippen LogP contribution in [0.2, 0.25) is 0 Å². The molecule has 0 aliphatic heterocycles. The molecule has 0 fully saturated rings. The van der Waals surface area contributed by atoms with Gasteiger partial charge in [0.05, 0.1) is 4.88 Å². The van der Waals surface area contributed by atoms with Gasteiger partial charge in [0.25, 0.3) is 5.89 Å². The summed E-state index contributed by atoms with van der Waals surface area (Å²) in [5.41, 5.74) is 12.7. The van der Waals surface area contributed by atoms with E-state index in [4.69, 9.17) is 16.0 Å². The van der Waals surface area contributed by atoms with Crippen molar-refractivity contribution in [2.24, 2.45) is 21.5 Å². The van der Waals surface area contributed by atoms with E-state index in [9.17, 15) is 0 Å². The van der Waals surface area contributed by atoms with Crippen molar-refractivity contribution >= 4 is 28.8 Å². The Morgan fingerprint density at radius 3 is 2.56 bits per heavy atom. The van der Waals surface area contributed by atoms with Gasteiger partial charge < -0.3 is 20.9 Å². The summed E-state index contributed by atoms with van der Waals surface area (Å²) in [5.74, 6) is 0.896. The van der Waals surface area contributed by atoms with E-state index in [1.165, 1.54) is 0 Å². The van der Waals surface area contributed by atoms with Crippen molar-refractivity contribution in [1.29, 1.82) is 0 Å². The van der Waals surface area contributed by atoms with Gasteiger partial charge in [-0.3, -0.25) is 0 Å². The van der Waals surface area contributed by atoms with Crippen molar-refractivity contribution in [3.05, 3.63) is 65.6 Å². The topological polar surface area (TPSA) is 119 Å². The lowest BCUT2D eigenvalue weighted by molar-refractivity contribution is 0.429. The number of aryl methyl sites for hydroxylation is 1. The summed E-state index contributed by atoms with van der Waals surface area (Å²) in [4.78, 5) is 16.2. The molecule has 9 heteroatoms. The SMILES string of the molecule is C=C(/N=C(N)\N=C(/N)c1noc(-c2ccc(C)s2)n1)N(C)c1ccccc1. The summed E-state index contributed by atoms with van der Waals surface area (Å²) < 4.78 is 5.23. The van der Waals surface area contributed by atoms with Crippen LogP contribution in [0.15, 0.2) is 69.4 Å². The van der Waals surface area contributed by atoms with Gasteiger partial charge in [-0.15, -0.1) is 11.3 Å². The summed E-state index contributed by atoms with van der Waals surface area (Å²) in [5, 5.41) is 3.84. The molecule has 0 aliphatic rings. The molecule has 0 bridgehead atoms. The Morgan fingerprint density at radius 1 is 1.15 bits per heavy atom. The second-order valence-corrected chi connectivity index (χ2v) is 6.90. The quantitative estimate of drug-likeness (QED) is 0.518. The molecule has 27 heavy (non-hydrogen) atoms. The second kappa shape index (κ2) is 7.83. The van der Waals surface area contributed by atoms with E-state index in [0.717, 1.165) is 15.4 Å². The van der Waals surface area contributed by atoms with Gasteiger partial charge in [0.2, 0.25) is 11.8 Å². The molecular weight excluding hydrogens is 362 g/mol. The van der Waals surface area contributed by atoms with Gasteiger partial charge in [-0.1, -0.05) is 29.9 Å². The van der Waals surface area contributed by atoms with Crippen LogP contribution in [-0.2, 0) is 0 Å². The van der Waals surface area contributed by atoms with Gasteiger partial charge in [-0.05, 0) is 31.2 Å². The molecule has 0 amide bonds. The highest BCUT2D eigenvalue weighted by molar-refractivity contribution is 7.15. The fraction of sp³-hybridized carbons (Fsp3) is 0.111. The normalized spacial score (nSPS) is 12.2. The van der Waals surface area contributed by atoms with E-state index in [1.807, 2.05) is 56.4 Å². The molecule has 3 rings (SSSR count). The number of hydrogen-bond acceptors (Lipinski definition) is 6. The summed E-state index contributed by atoms with van der Waals surface area (Å²) >= 11 is 1.55. The average Bonchev–Trinajstić information content (AvgIpc) is 3.30. The molecule has 0 saturated heterocycles. The fourth-order valence-electron chi connectivity index (χ4n) is 2.18. The first-order valence-electron chi connectivity index (χ1n) is 8.01. The highest BCUT2D eigenvalue weighted by Crippen LogP contribution is 2.25. The maximum absolute atomic E-state index is 5.92. The first-order valence-corrected chi connectivity index (χ1v) is 8.82. The number of hydrogen-bond donors (Lipinski definition) is 2. The highest BCUT2D eigenvalue weighted by atomic mass is 32.1. The van der Waals surface area contributed by atoms with Crippen LogP contribution in [0, 0.1) is 6.92 Å². The Balaban J connectivity index is 1.74. The molecule has 1 aromatic carbocycles. The van der Waals surface area contributed by atoms with Crippen LogP contribution in [0.1, 0.15) is 10.7 Å². The number of amidine groups is 1. The first-order chi connectivity index (χ1) is 12.9. The van der Waals surface area contributed by atoms with Crippen molar-refractivity contribution < 1.29 is 4.52 Å². The smallest absolute Gasteiger partial charge is 0.268 e. The largest absolute Gasteiger partial charge is 0.380 e. The van der Waals surface area contributed by atoms with Gasteiger partial charge in [0.15, 0.2) is 5.84 Å². The zero-order chi connectivity index (χ0) is 19.4. The van der Waals surface area contributed by atoms with Crippen LogP contribution < -0.4 is 16.4 Å². The minimum atomic E-state index is -0.0569. The van der Waals surface area contributed by atoms with Crippen molar-refractivity contribution in [1.82, 2.24) is 10.1 Å². The number of aliphatic imine (C=N–C) groups is 2. The Kier molecular flexibility index (Phi) is 5.32. The number of nitrogens with zero attached hydrogens (tertiary/aromatic N) is 5. The van der Waals surface area contributed by atoms with E-state index < -0.39 is 0 Å². The summed E-state index contributed by atoms with van der Waals surface area (Å²) in [6.45, 7) is 5.89. The molecular formula is C18H19N7OS. The predicted octanol–water partition coefficient (Wildman–Crippen LogP) is 2.73. The number of nitrogens with two attached hydrogens (primary N) is 2. The zero-order valence-corrected chi connectivity index (χ0v) is 15.8. The predicted molar refractivity (Wildman–Crippen MR) is 109 cm³/mol. The molecule has 0 aliphatic carbocycles. The fourth-order valence-corrected chi connectivity index (χ4v) is 2.97. The molecule has 0 spiro atoms. The second-order valence-electron chi connectivity index (χ2n) is 5.61. The van der Waals surface area contributed by atoms with E-state index in [-0.39, 0.29) is 17.6 Å². The monoisotopic (exact) mass is 381 g/mol. The number of rotatable bonds is 5. The standard InChI is InChI=1S/C18H19N7OS/c1-11-9-10-14(27-11)17-23-16(24-26-17)15(19)22-18(20)21-12(2)25(3)13-7-5-4-6-8-13/h4-10H,2H2,1,3H3,(H4,19,20,21,22). The zero-order valence-electron chi connectivity index (χ0n) is 15.0. The third-order valence-corrected chi connectivity index (χ3v) is 4.60. The molecule has 2 aromatic heterocycles. The van der Waals surface area contributed by atoms with Crippen LogP contribution >= 0.6 is 11.3 Å². The molecule has 8 nitrogen and oxygen atoms in total. The number of benzene rings is 1. The highest BCUT2D eigenvalue weighted by Gasteiger charge is 2.13. The molecule has 0 radical (unpaired) electrons. The lowest BCUT2D eigenvalue weighted by atomic mass is 10.3. The van der Waals surface area contributed by atoms with Gasteiger partial charge in [0, 0.05) is 17.6 Å². The van der Waals surface area contributed by atoms with E-state index in [0.29, 0.717) is 11.7 Å². The molecule has 4 N–H and O–H groups in total. The molecule has 3 aromatic rings. The summed E-state index contributed by atoms with van der Waals surface area (Å²) in [7, 11) is 1.83. The van der Waals surface area contributed by atoms with Crippen LogP contribution in [0.25, 0.3) is 10.8 Å². The lowest BCUT2D eigenvalue weighted by Crippen LogP contribution is -2.22. The van der Waals surface area contributed by atoms with Crippen LogP contribution in [0.3, 0.4) is 0 Å². The van der Waals surface area contributed by atoms with Gasteiger partial charge >= 0.3 is 0 Å². The minimum absolute atomic E-state index is 0.00897. The molecule has 0 atom stereocenters. The molecule has 0 unspecified atom stereocenters.